The Bertz CT molecular complexity index is 1140. The molecule has 6 rings (SSSR count). The van der Waals surface area contributed by atoms with E-state index in [-0.39, 0.29) is 17.8 Å². The molecule has 7 nitrogen and oxygen atoms in total. The molecule has 2 aliphatic heterocycles. The zero-order valence-corrected chi connectivity index (χ0v) is 15.8. The third-order valence-corrected chi connectivity index (χ3v) is 6.21. The molecule has 4 heterocycles. The van der Waals surface area contributed by atoms with Crippen LogP contribution in [0.15, 0.2) is 36.7 Å². The summed E-state index contributed by atoms with van der Waals surface area (Å²) in [5, 5.41) is 7.39. The third-order valence-electron chi connectivity index (χ3n) is 6.21. The van der Waals surface area contributed by atoms with E-state index in [1.54, 1.807) is 22.8 Å². The molecule has 1 spiro atoms. The number of rotatable bonds is 0. The highest BCUT2D eigenvalue weighted by Crippen LogP contribution is 2.42. The second-order valence-electron chi connectivity index (χ2n) is 8.17. The number of hydrogen-bond acceptors (Lipinski definition) is 5. The van der Waals surface area contributed by atoms with E-state index in [2.05, 4.69) is 15.3 Å². The Morgan fingerprint density at radius 3 is 3.03 bits per heavy atom. The monoisotopic (exact) mass is 393 g/mol. The molecule has 2 aromatic heterocycles. The first-order chi connectivity index (χ1) is 14.1. The van der Waals surface area contributed by atoms with Gasteiger partial charge in [0.2, 0.25) is 0 Å². The van der Waals surface area contributed by atoms with Crippen LogP contribution in [0.5, 0.6) is 5.75 Å². The molecule has 1 amide bonds. The zero-order valence-electron chi connectivity index (χ0n) is 15.8. The second-order valence-corrected chi connectivity index (χ2v) is 8.17. The van der Waals surface area contributed by atoms with E-state index in [0.29, 0.717) is 23.6 Å². The summed E-state index contributed by atoms with van der Waals surface area (Å²) in [5.41, 5.74) is 1.43. The summed E-state index contributed by atoms with van der Waals surface area (Å²) in [5.74, 6) is 0.957. The number of aromatic nitrogens is 3. The van der Waals surface area contributed by atoms with E-state index in [1.165, 1.54) is 6.07 Å². The molecule has 1 saturated carbocycles. The Balaban J connectivity index is 1.54. The number of nitrogens with one attached hydrogen (secondary N) is 1. The Morgan fingerprint density at radius 1 is 1.28 bits per heavy atom. The van der Waals surface area contributed by atoms with Crippen LogP contribution in [0.3, 0.4) is 0 Å². The van der Waals surface area contributed by atoms with Crippen LogP contribution in [0.4, 0.5) is 10.2 Å². The van der Waals surface area contributed by atoms with Gasteiger partial charge in [-0.1, -0.05) is 0 Å². The molecule has 8 heteroatoms. The first-order valence-corrected chi connectivity index (χ1v) is 9.98. The first kappa shape index (κ1) is 16.8. The highest BCUT2D eigenvalue weighted by Gasteiger charge is 2.46. The van der Waals surface area contributed by atoms with Crippen LogP contribution >= 0.6 is 0 Å². The number of ether oxygens (including phenoxy) is 1. The summed E-state index contributed by atoms with van der Waals surface area (Å²) in [6.07, 6.45) is 6.94. The standard InChI is InChI=1S/C21H20FN5O2/c22-13-3-4-17-14(10-13)16-2-1-8-26(16)18-5-9-27-19(24-18)15(11-23-27)20(28)25-21(6-7-21)12-29-17/h3-5,9-11,16H,1-2,6-8,12H2,(H,25,28)/t16-/m1/s1. The first-order valence-electron chi connectivity index (χ1n) is 9.98. The van der Waals surface area contributed by atoms with Gasteiger partial charge in [0, 0.05) is 18.3 Å². The minimum absolute atomic E-state index is 0.0263. The number of benzene rings is 1. The molecule has 3 aromatic rings. The summed E-state index contributed by atoms with van der Waals surface area (Å²) in [7, 11) is 0. The van der Waals surface area contributed by atoms with Gasteiger partial charge in [0.25, 0.3) is 5.91 Å². The number of anilines is 1. The van der Waals surface area contributed by atoms with Crippen LogP contribution in [0.25, 0.3) is 5.65 Å². The van der Waals surface area contributed by atoms with Crippen molar-refractivity contribution in [2.24, 2.45) is 0 Å². The van der Waals surface area contributed by atoms with Gasteiger partial charge in [-0.05, 0) is 49.9 Å². The maximum absolute atomic E-state index is 14.2. The van der Waals surface area contributed by atoms with Crippen molar-refractivity contribution in [2.75, 3.05) is 18.1 Å². The minimum atomic E-state index is -0.391. The predicted molar refractivity (Wildman–Crippen MR) is 104 cm³/mol. The lowest BCUT2D eigenvalue weighted by atomic mass is 10.0. The van der Waals surface area contributed by atoms with Gasteiger partial charge < -0.3 is 15.0 Å². The van der Waals surface area contributed by atoms with Crippen LogP contribution in [-0.4, -0.2) is 39.2 Å². The lowest BCUT2D eigenvalue weighted by Crippen LogP contribution is -2.41. The number of fused-ring (bicyclic) bond motifs is 5. The van der Waals surface area contributed by atoms with Gasteiger partial charge in [-0.25, -0.2) is 13.9 Å². The van der Waals surface area contributed by atoms with Gasteiger partial charge in [0.15, 0.2) is 5.65 Å². The summed E-state index contributed by atoms with van der Waals surface area (Å²) in [6, 6.07) is 6.56. The van der Waals surface area contributed by atoms with E-state index in [4.69, 9.17) is 9.72 Å². The fourth-order valence-corrected chi connectivity index (χ4v) is 4.44. The number of hydrogen-bond donors (Lipinski definition) is 1. The highest BCUT2D eigenvalue weighted by atomic mass is 19.1. The largest absolute Gasteiger partial charge is 0.491 e. The van der Waals surface area contributed by atoms with Gasteiger partial charge in [-0.2, -0.15) is 5.10 Å². The van der Waals surface area contributed by atoms with Crippen LogP contribution in [0.1, 0.15) is 47.6 Å². The quantitative estimate of drug-likeness (QED) is 0.636. The van der Waals surface area contributed by atoms with Crippen LogP contribution < -0.4 is 15.0 Å². The average Bonchev–Trinajstić information content (AvgIpc) is 3.14. The molecule has 29 heavy (non-hydrogen) atoms. The summed E-state index contributed by atoms with van der Waals surface area (Å²) >= 11 is 0. The predicted octanol–water partition coefficient (Wildman–Crippen LogP) is 2.86. The topological polar surface area (TPSA) is 71.8 Å². The molecule has 3 aliphatic rings. The molecular weight excluding hydrogens is 373 g/mol. The molecule has 0 radical (unpaired) electrons. The molecule has 0 unspecified atom stereocenters. The van der Waals surface area contributed by atoms with E-state index in [1.807, 2.05) is 12.3 Å². The van der Waals surface area contributed by atoms with Crippen molar-refractivity contribution >= 4 is 17.4 Å². The number of carbonyl (C=O) groups excluding carboxylic acids is 1. The van der Waals surface area contributed by atoms with E-state index in [0.717, 1.165) is 43.6 Å². The van der Waals surface area contributed by atoms with Gasteiger partial charge >= 0.3 is 0 Å². The SMILES string of the molecule is O=C1NC2(CC2)COc2ccc(F)cc2[C@H]2CCCN2c2ccn3ncc1c3n2. The minimum Gasteiger partial charge on any atom is -0.491 e. The van der Waals surface area contributed by atoms with Gasteiger partial charge in [0.1, 0.15) is 29.6 Å². The lowest BCUT2D eigenvalue weighted by Gasteiger charge is -2.28. The highest BCUT2D eigenvalue weighted by molar-refractivity contribution is 6.00. The Kier molecular flexibility index (Phi) is 3.42. The molecule has 1 aromatic carbocycles. The van der Waals surface area contributed by atoms with Gasteiger partial charge in [-0.3, -0.25) is 4.79 Å². The summed E-state index contributed by atoms with van der Waals surface area (Å²) in [4.78, 5) is 19.9. The fourth-order valence-electron chi connectivity index (χ4n) is 4.44. The van der Waals surface area contributed by atoms with Gasteiger partial charge in [-0.15, -0.1) is 0 Å². The molecule has 148 valence electrons. The summed E-state index contributed by atoms with van der Waals surface area (Å²) in [6.45, 7) is 1.17. The number of halogens is 1. The van der Waals surface area contributed by atoms with E-state index < -0.39 is 5.54 Å². The zero-order chi connectivity index (χ0) is 19.6. The number of nitrogens with zero attached hydrogens (tertiary/aromatic N) is 4. The second kappa shape index (κ2) is 5.92. The van der Waals surface area contributed by atoms with Crippen molar-refractivity contribution in [1.29, 1.82) is 0 Å². The molecule has 2 fully saturated rings. The number of amides is 1. The van der Waals surface area contributed by atoms with Gasteiger partial charge in [0.05, 0.1) is 17.8 Å². The fraction of sp³-hybridized carbons (Fsp3) is 0.381. The van der Waals surface area contributed by atoms with E-state index in [9.17, 15) is 9.18 Å². The Hall–Kier alpha value is -3.16. The smallest absolute Gasteiger partial charge is 0.257 e. The van der Waals surface area contributed by atoms with Crippen molar-refractivity contribution in [1.82, 2.24) is 19.9 Å². The molecule has 1 aliphatic carbocycles. The molecular formula is C21H20FN5O2. The van der Waals surface area contributed by atoms with Crippen molar-refractivity contribution < 1.29 is 13.9 Å². The van der Waals surface area contributed by atoms with Crippen molar-refractivity contribution in [3.05, 3.63) is 53.6 Å². The van der Waals surface area contributed by atoms with Crippen molar-refractivity contribution in [3.63, 3.8) is 0 Å². The van der Waals surface area contributed by atoms with E-state index >= 15 is 0 Å². The molecule has 1 saturated heterocycles. The Labute approximate surface area is 166 Å². The maximum Gasteiger partial charge on any atom is 0.257 e. The molecule has 1 atom stereocenters. The van der Waals surface area contributed by atoms with Crippen LogP contribution in [-0.2, 0) is 0 Å². The van der Waals surface area contributed by atoms with Crippen molar-refractivity contribution in [2.45, 2.75) is 37.3 Å². The normalized spacial score (nSPS) is 22.3. The van der Waals surface area contributed by atoms with Crippen LogP contribution in [0.2, 0.25) is 0 Å². The van der Waals surface area contributed by atoms with Crippen molar-refractivity contribution in [3.8, 4) is 5.75 Å². The summed E-state index contributed by atoms with van der Waals surface area (Å²) < 4.78 is 21.9. The number of carbonyl (C=O) groups is 1. The third kappa shape index (κ3) is 2.66. The lowest BCUT2D eigenvalue weighted by molar-refractivity contribution is 0.0914. The maximum atomic E-state index is 14.2. The average molecular weight is 393 g/mol. The molecule has 2 bridgehead atoms. The molecule has 1 N–H and O–H groups in total. The van der Waals surface area contributed by atoms with Crippen LogP contribution in [0, 0.1) is 5.82 Å². The Morgan fingerprint density at radius 2 is 2.17 bits per heavy atom.